The zero-order valence-electron chi connectivity index (χ0n) is 10.6. The summed E-state index contributed by atoms with van der Waals surface area (Å²) in [6.45, 7) is 2.56. The smallest absolute Gasteiger partial charge is 0.407 e. The number of nitrogens with zero attached hydrogens (tertiary/aromatic N) is 2. The Kier molecular flexibility index (Phi) is 2.48. The van der Waals surface area contributed by atoms with E-state index in [1.807, 2.05) is 19.1 Å². The van der Waals surface area contributed by atoms with Crippen LogP contribution in [0, 0.1) is 6.92 Å². The van der Waals surface area contributed by atoms with Crippen LogP contribution in [0.4, 0.5) is 10.6 Å². The van der Waals surface area contributed by atoms with E-state index in [4.69, 9.17) is 5.11 Å². The molecule has 1 atom stereocenters. The maximum atomic E-state index is 12.3. The summed E-state index contributed by atoms with van der Waals surface area (Å²) < 4.78 is 0. The third-order valence-electron chi connectivity index (χ3n) is 3.98. The number of carbonyl (C=O) groups excluding carboxylic acids is 1. The lowest BCUT2D eigenvalue weighted by Gasteiger charge is -2.37. The maximum absolute atomic E-state index is 12.3. The van der Waals surface area contributed by atoms with Gasteiger partial charge in [0.15, 0.2) is 0 Å². The molecule has 1 fully saturated rings. The van der Waals surface area contributed by atoms with Gasteiger partial charge in [0.1, 0.15) is 5.82 Å². The van der Waals surface area contributed by atoms with Crippen LogP contribution in [-0.4, -0.2) is 40.1 Å². The Balaban J connectivity index is 2.05. The van der Waals surface area contributed by atoms with E-state index >= 15 is 0 Å². The van der Waals surface area contributed by atoms with Crippen molar-refractivity contribution in [3.63, 3.8) is 0 Å². The molecule has 0 bridgehead atoms. The number of piperidine rings is 1. The first-order valence-corrected chi connectivity index (χ1v) is 6.30. The number of carboxylic acid groups (broad SMARTS) is 1. The van der Waals surface area contributed by atoms with Crippen LogP contribution >= 0.6 is 0 Å². The first kappa shape index (κ1) is 12.0. The molecule has 100 valence electrons. The topological polar surface area (TPSA) is 82.5 Å². The lowest BCUT2D eigenvalue weighted by atomic mass is 9.75. The molecule has 1 aromatic rings. The van der Waals surface area contributed by atoms with Gasteiger partial charge in [-0.3, -0.25) is 4.79 Å². The highest BCUT2D eigenvalue weighted by Crippen LogP contribution is 2.42. The summed E-state index contributed by atoms with van der Waals surface area (Å²) in [5.41, 5.74) is 0.906. The average molecular weight is 261 g/mol. The number of rotatable bonds is 0. The van der Waals surface area contributed by atoms with E-state index in [1.54, 1.807) is 0 Å². The van der Waals surface area contributed by atoms with Gasteiger partial charge in [-0.1, -0.05) is 6.07 Å². The second-order valence-corrected chi connectivity index (χ2v) is 5.19. The predicted molar refractivity (Wildman–Crippen MR) is 68.1 cm³/mol. The Morgan fingerprint density at radius 1 is 1.53 bits per heavy atom. The molecule has 2 aliphatic rings. The van der Waals surface area contributed by atoms with Gasteiger partial charge in [0, 0.05) is 24.3 Å². The largest absolute Gasteiger partial charge is 0.465 e. The molecule has 6 nitrogen and oxygen atoms in total. The molecule has 0 saturated carbocycles. The van der Waals surface area contributed by atoms with Crippen molar-refractivity contribution in [3.05, 3.63) is 23.4 Å². The number of likely N-dealkylation sites (tertiary alicyclic amines) is 1. The standard InChI is InChI=1S/C13H15N3O3/c1-8-3-4-9-10(14-8)15-11(17)13(9)5-2-6-16(7-13)12(18)19/h3-4H,2,5-7H2,1H3,(H,18,19)(H,14,15,17). The molecule has 0 aromatic carbocycles. The number of anilines is 1. The molecule has 2 N–H and O–H groups in total. The highest BCUT2D eigenvalue weighted by atomic mass is 16.4. The third kappa shape index (κ3) is 1.67. The maximum Gasteiger partial charge on any atom is 0.407 e. The second-order valence-electron chi connectivity index (χ2n) is 5.19. The number of amides is 2. The predicted octanol–water partition coefficient (Wildman–Crippen LogP) is 1.35. The first-order valence-electron chi connectivity index (χ1n) is 6.30. The van der Waals surface area contributed by atoms with Gasteiger partial charge in [-0.15, -0.1) is 0 Å². The van der Waals surface area contributed by atoms with Crippen LogP contribution in [0.25, 0.3) is 0 Å². The van der Waals surface area contributed by atoms with Gasteiger partial charge in [-0.25, -0.2) is 9.78 Å². The van der Waals surface area contributed by atoms with E-state index < -0.39 is 11.5 Å². The fourth-order valence-electron chi connectivity index (χ4n) is 3.01. The fraction of sp³-hybridized carbons (Fsp3) is 0.462. The average Bonchev–Trinajstić information content (AvgIpc) is 2.62. The molecule has 6 heteroatoms. The van der Waals surface area contributed by atoms with Gasteiger partial charge in [0.2, 0.25) is 5.91 Å². The van der Waals surface area contributed by atoms with Crippen molar-refractivity contribution in [1.29, 1.82) is 0 Å². The van der Waals surface area contributed by atoms with E-state index in [2.05, 4.69) is 10.3 Å². The summed E-state index contributed by atoms with van der Waals surface area (Å²) in [5, 5.41) is 11.9. The van der Waals surface area contributed by atoms with Crippen molar-refractivity contribution in [3.8, 4) is 0 Å². The number of aromatic nitrogens is 1. The third-order valence-corrected chi connectivity index (χ3v) is 3.98. The molecule has 1 unspecified atom stereocenters. The minimum Gasteiger partial charge on any atom is -0.465 e. The van der Waals surface area contributed by atoms with Crippen molar-refractivity contribution >= 4 is 17.8 Å². The summed E-state index contributed by atoms with van der Waals surface area (Å²) in [5.74, 6) is 0.448. The Bertz CT molecular complexity index is 572. The number of nitrogens with one attached hydrogen (secondary N) is 1. The SMILES string of the molecule is Cc1ccc2c(n1)NC(=O)C21CCCN(C(=O)O)C1. The van der Waals surface area contributed by atoms with Gasteiger partial charge >= 0.3 is 6.09 Å². The van der Waals surface area contributed by atoms with Crippen LogP contribution in [0.2, 0.25) is 0 Å². The number of carbonyl (C=O) groups is 2. The molecule has 0 radical (unpaired) electrons. The summed E-state index contributed by atoms with van der Waals surface area (Å²) in [6, 6.07) is 3.75. The Hall–Kier alpha value is -2.11. The van der Waals surface area contributed by atoms with Crippen LogP contribution in [-0.2, 0) is 10.2 Å². The van der Waals surface area contributed by atoms with Gasteiger partial charge in [-0.05, 0) is 25.8 Å². The van der Waals surface area contributed by atoms with E-state index in [0.717, 1.165) is 11.3 Å². The second kappa shape index (κ2) is 3.94. The van der Waals surface area contributed by atoms with Gasteiger partial charge < -0.3 is 15.3 Å². The van der Waals surface area contributed by atoms with E-state index in [0.29, 0.717) is 25.2 Å². The molecule has 1 saturated heterocycles. The minimum atomic E-state index is -0.972. The molecular weight excluding hydrogens is 246 g/mol. The summed E-state index contributed by atoms with van der Waals surface area (Å²) >= 11 is 0. The van der Waals surface area contributed by atoms with Crippen LogP contribution in [0.1, 0.15) is 24.1 Å². The molecule has 3 heterocycles. The van der Waals surface area contributed by atoms with Crippen LogP contribution in [0.3, 0.4) is 0 Å². The summed E-state index contributed by atoms with van der Waals surface area (Å²) in [6.07, 6.45) is 0.383. The number of hydrogen-bond donors (Lipinski definition) is 2. The number of pyridine rings is 1. The summed E-state index contributed by atoms with van der Waals surface area (Å²) in [7, 11) is 0. The quantitative estimate of drug-likeness (QED) is 0.738. The Morgan fingerprint density at radius 2 is 2.32 bits per heavy atom. The lowest BCUT2D eigenvalue weighted by Crippen LogP contribution is -2.51. The Labute approximate surface area is 110 Å². The van der Waals surface area contributed by atoms with Crippen molar-refractivity contribution < 1.29 is 14.7 Å². The monoisotopic (exact) mass is 261 g/mol. The van der Waals surface area contributed by atoms with Crippen molar-refractivity contribution in [1.82, 2.24) is 9.88 Å². The van der Waals surface area contributed by atoms with E-state index in [1.165, 1.54) is 4.90 Å². The molecule has 2 amide bonds. The zero-order chi connectivity index (χ0) is 13.6. The van der Waals surface area contributed by atoms with Crippen molar-refractivity contribution in [2.24, 2.45) is 0 Å². The van der Waals surface area contributed by atoms with Gasteiger partial charge in [-0.2, -0.15) is 0 Å². The normalized spacial score (nSPS) is 25.3. The lowest BCUT2D eigenvalue weighted by molar-refractivity contribution is -0.122. The van der Waals surface area contributed by atoms with Crippen LogP contribution < -0.4 is 5.32 Å². The molecule has 1 aromatic heterocycles. The molecule has 19 heavy (non-hydrogen) atoms. The molecule has 3 rings (SSSR count). The van der Waals surface area contributed by atoms with Crippen LogP contribution in [0.5, 0.6) is 0 Å². The minimum absolute atomic E-state index is 0.133. The van der Waals surface area contributed by atoms with Gasteiger partial charge in [0.05, 0.1) is 5.41 Å². The van der Waals surface area contributed by atoms with E-state index in [9.17, 15) is 9.59 Å². The number of aryl methyl sites for hydroxylation is 1. The Morgan fingerprint density at radius 3 is 3.05 bits per heavy atom. The highest BCUT2D eigenvalue weighted by molar-refractivity contribution is 6.05. The van der Waals surface area contributed by atoms with Crippen molar-refractivity contribution in [2.45, 2.75) is 25.2 Å². The first-order chi connectivity index (χ1) is 9.03. The van der Waals surface area contributed by atoms with E-state index in [-0.39, 0.29) is 12.5 Å². The van der Waals surface area contributed by atoms with Crippen molar-refractivity contribution in [2.75, 3.05) is 18.4 Å². The van der Waals surface area contributed by atoms with Crippen LogP contribution in [0.15, 0.2) is 12.1 Å². The summed E-state index contributed by atoms with van der Waals surface area (Å²) in [4.78, 5) is 29.1. The van der Waals surface area contributed by atoms with Gasteiger partial charge in [0.25, 0.3) is 0 Å². The molecule has 2 aliphatic heterocycles. The molecular formula is C13H15N3O3. The zero-order valence-corrected chi connectivity index (χ0v) is 10.6. The number of hydrogen-bond acceptors (Lipinski definition) is 3. The number of fused-ring (bicyclic) bond motifs is 2. The highest BCUT2D eigenvalue weighted by Gasteiger charge is 2.50. The molecule has 0 aliphatic carbocycles. The molecule has 1 spiro atoms. The fourth-order valence-corrected chi connectivity index (χ4v) is 3.01.